The van der Waals surface area contributed by atoms with Gasteiger partial charge in [-0.3, -0.25) is 4.79 Å². The number of halogens is 2. The lowest BCUT2D eigenvalue weighted by molar-refractivity contribution is 0.0934. The molecule has 0 unspecified atom stereocenters. The van der Waals surface area contributed by atoms with Crippen LogP contribution in [-0.4, -0.2) is 10.9 Å². The molecular formula is C20H15F2N3O3. The average Bonchev–Trinajstić information content (AvgIpc) is 3.14. The van der Waals surface area contributed by atoms with Gasteiger partial charge < -0.3 is 14.5 Å². The molecule has 3 rings (SSSR count). The Labute approximate surface area is 159 Å². The monoisotopic (exact) mass is 383 g/mol. The van der Waals surface area contributed by atoms with Crippen molar-refractivity contribution in [3.8, 4) is 17.9 Å². The highest BCUT2D eigenvalue weighted by molar-refractivity contribution is 5.92. The van der Waals surface area contributed by atoms with Crippen LogP contribution in [0.25, 0.3) is 0 Å². The number of benzene rings is 2. The molecule has 28 heavy (non-hydrogen) atoms. The first-order valence-corrected chi connectivity index (χ1v) is 8.27. The van der Waals surface area contributed by atoms with Gasteiger partial charge in [-0.15, -0.1) is 0 Å². The van der Waals surface area contributed by atoms with Gasteiger partial charge in [-0.2, -0.15) is 10.2 Å². The van der Waals surface area contributed by atoms with Gasteiger partial charge in [-0.25, -0.2) is 8.78 Å². The summed E-state index contributed by atoms with van der Waals surface area (Å²) < 4.78 is 37.9. The number of carbonyl (C=O) groups is 1. The van der Waals surface area contributed by atoms with Crippen LogP contribution in [0.1, 0.15) is 40.1 Å². The number of ether oxygens (including phenoxy) is 1. The Morgan fingerprint density at radius 1 is 1.29 bits per heavy atom. The SMILES string of the molecule is Cc1c(F)cc([C@@H](C)NC(=O)c2coc(Oc3cccc(C#N)c3)n2)cc1F. The molecule has 142 valence electrons. The van der Waals surface area contributed by atoms with Crippen LogP contribution in [0, 0.1) is 29.9 Å². The Morgan fingerprint density at radius 3 is 2.68 bits per heavy atom. The molecule has 8 heteroatoms. The molecule has 1 N–H and O–H groups in total. The minimum atomic E-state index is -0.687. The van der Waals surface area contributed by atoms with E-state index in [0.29, 0.717) is 11.3 Å². The fourth-order valence-corrected chi connectivity index (χ4v) is 2.41. The third-order valence-corrected chi connectivity index (χ3v) is 4.03. The first-order chi connectivity index (χ1) is 13.4. The molecule has 0 aliphatic rings. The minimum absolute atomic E-state index is 0.0636. The Morgan fingerprint density at radius 2 is 2.00 bits per heavy atom. The molecule has 1 aromatic heterocycles. The number of nitrogens with one attached hydrogen (secondary N) is 1. The normalized spacial score (nSPS) is 11.5. The topological polar surface area (TPSA) is 88.1 Å². The zero-order chi connectivity index (χ0) is 20.3. The van der Waals surface area contributed by atoms with Crippen molar-refractivity contribution in [3.05, 3.63) is 76.7 Å². The molecule has 1 heterocycles. The van der Waals surface area contributed by atoms with E-state index in [-0.39, 0.29) is 22.9 Å². The molecule has 6 nitrogen and oxygen atoms in total. The van der Waals surface area contributed by atoms with Gasteiger partial charge >= 0.3 is 6.08 Å². The summed E-state index contributed by atoms with van der Waals surface area (Å²) in [7, 11) is 0. The molecule has 0 aliphatic heterocycles. The van der Waals surface area contributed by atoms with Crippen molar-refractivity contribution in [3.63, 3.8) is 0 Å². The molecule has 0 aliphatic carbocycles. The lowest BCUT2D eigenvalue weighted by Gasteiger charge is -2.14. The van der Waals surface area contributed by atoms with Crippen molar-refractivity contribution in [2.24, 2.45) is 0 Å². The third-order valence-electron chi connectivity index (χ3n) is 4.03. The van der Waals surface area contributed by atoms with E-state index in [1.54, 1.807) is 25.1 Å². The molecule has 0 saturated carbocycles. The Kier molecular flexibility index (Phi) is 5.36. The summed E-state index contributed by atoms with van der Waals surface area (Å²) in [6.07, 6.45) is 0.919. The van der Waals surface area contributed by atoms with E-state index < -0.39 is 23.6 Å². The number of rotatable bonds is 5. The maximum Gasteiger partial charge on any atom is 0.399 e. The van der Waals surface area contributed by atoms with Gasteiger partial charge in [0.25, 0.3) is 5.91 Å². The Hall–Kier alpha value is -3.73. The van der Waals surface area contributed by atoms with Crippen LogP contribution in [0.3, 0.4) is 0 Å². The number of amides is 1. The number of oxazole rings is 1. The molecule has 3 aromatic rings. The van der Waals surface area contributed by atoms with Gasteiger partial charge in [-0.05, 0) is 49.7 Å². The van der Waals surface area contributed by atoms with Crippen LogP contribution < -0.4 is 10.1 Å². The van der Waals surface area contributed by atoms with E-state index in [1.807, 2.05) is 6.07 Å². The zero-order valence-electron chi connectivity index (χ0n) is 15.0. The number of nitrogens with zero attached hydrogens (tertiary/aromatic N) is 2. The average molecular weight is 383 g/mol. The van der Waals surface area contributed by atoms with E-state index in [2.05, 4.69) is 10.3 Å². The number of nitriles is 1. The minimum Gasteiger partial charge on any atom is -0.416 e. The third kappa shape index (κ3) is 4.15. The molecule has 0 saturated heterocycles. The van der Waals surface area contributed by atoms with Crippen molar-refractivity contribution < 1.29 is 22.7 Å². The molecule has 0 radical (unpaired) electrons. The molecule has 1 atom stereocenters. The van der Waals surface area contributed by atoms with Crippen LogP contribution >= 0.6 is 0 Å². The Bertz CT molecular complexity index is 1050. The number of aromatic nitrogens is 1. The van der Waals surface area contributed by atoms with Gasteiger partial charge in [0.1, 0.15) is 23.6 Å². The summed E-state index contributed by atoms with van der Waals surface area (Å²) in [6, 6.07) is 9.99. The quantitative estimate of drug-likeness (QED) is 0.705. The van der Waals surface area contributed by atoms with Crippen molar-refractivity contribution >= 4 is 5.91 Å². The maximum atomic E-state index is 13.7. The van der Waals surface area contributed by atoms with E-state index in [0.717, 1.165) is 6.26 Å². The zero-order valence-corrected chi connectivity index (χ0v) is 15.0. The molecule has 0 spiro atoms. The second-order valence-corrected chi connectivity index (χ2v) is 6.05. The standard InChI is InChI=1S/C20H15F2N3O3/c1-11-16(21)7-14(8-17(11)22)12(2)24-19(26)18-10-27-20(25-18)28-15-5-3-4-13(6-15)9-23/h3-8,10,12H,1-2H3,(H,24,26)/t12-/m1/s1. The fourth-order valence-electron chi connectivity index (χ4n) is 2.41. The molecule has 2 aromatic carbocycles. The van der Waals surface area contributed by atoms with Crippen molar-refractivity contribution in [1.29, 1.82) is 5.26 Å². The number of hydrogen-bond donors (Lipinski definition) is 1. The van der Waals surface area contributed by atoms with Gasteiger partial charge in [0.05, 0.1) is 17.7 Å². The molecule has 0 fully saturated rings. The van der Waals surface area contributed by atoms with Crippen LogP contribution in [0.2, 0.25) is 0 Å². The van der Waals surface area contributed by atoms with Crippen molar-refractivity contribution in [2.75, 3.05) is 0 Å². The summed E-state index contributed by atoms with van der Waals surface area (Å²) >= 11 is 0. The summed E-state index contributed by atoms with van der Waals surface area (Å²) in [5.41, 5.74) is 0.531. The number of hydrogen-bond acceptors (Lipinski definition) is 5. The lowest BCUT2D eigenvalue weighted by atomic mass is 10.1. The summed E-state index contributed by atoms with van der Waals surface area (Å²) in [5.74, 6) is -1.65. The largest absolute Gasteiger partial charge is 0.416 e. The van der Waals surface area contributed by atoms with Crippen molar-refractivity contribution in [1.82, 2.24) is 10.3 Å². The van der Waals surface area contributed by atoms with E-state index in [4.69, 9.17) is 14.4 Å². The predicted octanol–water partition coefficient (Wildman–Crippen LogP) is 4.42. The van der Waals surface area contributed by atoms with Crippen LogP contribution in [0.4, 0.5) is 8.78 Å². The van der Waals surface area contributed by atoms with Crippen LogP contribution in [-0.2, 0) is 0 Å². The summed E-state index contributed by atoms with van der Waals surface area (Å²) in [5, 5.41) is 11.5. The maximum absolute atomic E-state index is 13.7. The molecular weight excluding hydrogens is 368 g/mol. The second kappa shape index (κ2) is 7.88. The predicted molar refractivity (Wildman–Crippen MR) is 94.7 cm³/mol. The second-order valence-electron chi connectivity index (χ2n) is 6.05. The first-order valence-electron chi connectivity index (χ1n) is 8.27. The van der Waals surface area contributed by atoms with E-state index in [1.165, 1.54) is 25.1 Å². The smallest absolute Gasteiger partial charge is 0.399 e. The molecule has 1 amide bonds. The fraction of sp³-hybridized carbons (Fsp3) is 0.150. The number of carbonyl (C=O) groups excluding carboxylic acids is 1. The van der Waals surface area contributed by atoms with E-state index in [9.17, 15) is 13.6 Å². The highest BCUT2D eigenvalue weighted by atomic mass is 19.1. The lowest BCUT2D eigenvalue weighted by Crippen LogP contribution is -2.27. The van der Waals surface area contributed by atoms with Gasteiger partial charge in [0.2, 0.25) is 0 Å². The van der Waals surface area contributed by atoms with Crippen LogP contribution in [0.15, 0.2) is 47.1 Å². The Balaban J connectivity index is 1.69. The van der Waals surface area contributed by atoms with Gasteiger partial charge in [0, 0.05) is 5.56 Å². The highest BCUT2D eigenvalue weighted by Gasteiger charge is 2.18. The first kappa shape index (κ1) is 19.0. The molecule has 0 bridgehead atoms. The van der Waals surface area contributed by atoms with Crippen LogP contribution in [0.5, 0.6) is 11.8 Å². The van der Waals surface area contributed by atoms with Gasteiger partial charge in [-0.1, -0.05) is 6.07 Å². The van der Waals surface area contributed by atoms with Crippen molar-refractivity contribution in [2.45, 2.75) is 19.9 Å². The van der Waals surface area contributed by atoms with Gasteiger partial charge in [0.15, 0.2) is 5.69 Å². The summed E-state index contributed by atoms with van der Waals surface area (Å²) in [4.78, 5) is 16.2. The summed E-state index contributed by atoms with van der Waals surface area (Å²) in [6.45, 7) is 2.92. The highest BCUT2D eigenvalue weighted by Crippen LogP contribution is 2.23. The van der Waals surface area contributed by atoms with E-state index >= 15 is 0 Å².